The number of H-pyrrole nitrogens is 2. The first-order valence-electron chi connectivity index (χ1n) is 5.76. The van der Waals surface area contributed by atoms with Gasteiger partial charge in [-0.2, -0.15) is 0 Å². The summed E-state index contributed by atoms with van der Waals surface area (Å²) in [5.74, 6) is -0.223. The van der Waals surface area contributed by atoms with Crippen molar-refractivity contribution in [3.63, 3.8) is 0 Å². The number of hydrogen-bond acceptors (Lipinski definition) is 2. The lowest BCUT2D eigenvalue weighted by atomic mass is 10.1. The second kappa shape index (κ2) is 4.45. The average molecular weight is 253 g/mol. The number of aromatic carboxylic acids is 1. The van der Waals surface area contributed by atoms with E-state index < -0.39 is 5.97 Å². The van der Waals surface area contributed by atoms with Gasteiger partial charge in [0, 0.05) is 11.8 Å². The van der Waals surface area contributed by atoms with Gasteiger partial charge < -0.3 is 15.1 Å². The van der Waals surface area contributed by atoms with E-state index in [0.717, 1.165) is 17.0 Å². The summed E-state index contributed by atoms with van der Waals surface area (Å²) >= 11 is 0. The van der Waals surface area contributed by atoms with Crippen LogP contribution in [0.25, 0.3) is 22.8 Å². The summed E-state index contributed by atoms with van der Waals surface area (Å²) in [6.45, 7) is 0. The topological polar surface area (TPSA) is 81.8 Å². The molecular weight excluding hydrogens is 242 g/mol. The minimum Gasteiger partial charge on any atom is -0.478 e. The number of carboxylic acids is 1. The maximum atomic E-state index is 10.8. The van der Waals surface area contributed by atoms with E-state index in [2.05, 4.69) is 15.0 Å². The van der Waals surface area contributed by atoms with E-state index in [1.54, 1.807) is 30.5 Å². The largest absolute Gasteiger partial charge is 0.478 e. The molecule has 0 spiro atoms. The Kier molecular flexibility index (Phi) is 2.64. The molecule has 3 N–H and O–H groups in total. The van der Waals surface area contributed by atoms with E-state index in [9.17, 15) is 4.79 Å². The summed E-state index contributed by atoms with van der Waals surface area (Å²) in [5.41, 5.74) is 2.96. The molecule has 0 fully saturated rings. The molecule has 2 heterocycles. The van der Waals surface area contributed by atoms with Crippen LogP contribution in [0.15, 0.2) is 48.8 Å². The predicted octanol–water partition coefficient (Wildman–Crippen LogP) is 2.77. The highest BCUT2D eigenvalue weighted by Gasteiger charge is 2.07. The minimum atomic E-state index is -0.932. The van der Waals surface area contributed by atoms with Crippen LogP contribution in [-0.4, -0.2) is 26.0 Å². The first kappa shape index (κ1) is 11.3. The Morgan fingerprint density at radius 1 is 1.11 bits per heavy atom. The summed E-state index contributed by atoms with van der Waals surface area (Å²) in [5, 5.41) is 8.85. The molecule has 0 aliphatic carbocycles. The van der Waals surface area contributed by atoms with Crippen molar-refractivity contribution >= 4 is 5.97 Å². The van der Waals surface area contributed by atoms with Crippen LogP contribution >= 0.6 is 0 Å². The van der Waals surface area contributed by atoms with Gasteiger partial charge in [0.1, 0.15) is 5.82 Å². The highest BCUT2D eigenvalue weighted by Crippen LogP contribution is 2.21. The molecule has 0 aliphatic heterocycles. The summed E-state index contributed by atoms with van der Waals surface area (Å²) in [6, 6.07) is 10.5. The molecule has 5 nitrogen and oxygen atoms in total. The fourth-order valence-electron chi connectivity index (χ4n) is 1.87. The Morgan fingerprint density at radius 2 is 1.89 bits per heavy atom. The summed E-state index contributed by atoms with van der Waals surface area (Å²) in [4.78, 5) is 21.4. The lowest BCUT2D eigenvalue weighted by Gasteiger charge is -1.98. The summed E-state index contributed by atoms with van der Waals surface area (Å²) < 4.78 is 0. The van der Waals surface area contributed by atoms with Gasteiger partial charge in [-0.05, 0) is 24.3 Å². The number of imidazole rings is 1. The van der Waals surface area contributed by atoms with Gasteiger partial charge in [0.05, 0.1) is 23.1 Å². The maximum absolute atomic E-state index is 10.8. The molecule has 0 bridgehead atoms. The molecule has 0 saturated carbocycles. The quantitative estimate of drug-likeness (QED) is 0.671. The molecule has 2 aromatic heterocycles. The third-order valence-corrected chi connectivity index (χ3v) is 2.87. The zero-order valence-electron chi connectivity index (χ0n) is 9.92. The van der Waals surface area contributed by atoms with Crippen molar-refractivity contribution < 1.29 is 9.90 Å². The van der Waals surface area contributed by atoms with Crippen molar-refractivity contribution in [3.05, 3.63) is 54.4 Å². The van der Waals surface area contributed by atoms with Gasteiger partial charge in [0.15, 0.2) is 0 Å². The zero-order valence-corrected chi connectivity index (χ0v) is 9.92. The van der Waals surface area contributed by atoms with E-state index in [-0.39, 0.29) is 5.56 Å². The molecule has 0 atom stereocenters. The van der Waals surface area contributed by atoms with Gasteiger partial charge in [0.2, 0.25) is 0 Å². The van der Waals surface area contributed by atoms with Gasteiger partial charge >= 0.3 is 5.97 Å². The molecule has 1 aromatic carbocycles. The standard InChI is InChI=1S/C14H11N3O2/c18-14(19)10-5-3-9(4-6-10)13-16-8-12(17-13)11-2-1-7-15-11/h1-8,15H,(H,16,17)(H,18,19). The van der Waals surface area contributed by atoms with Crippen molar-refractivity contribution in [2.24, 2.45) is 0 Å². The second-order valence-corrected chi connectivity index (χ2v) is 4.11. The molecule has 94 valence electrons. The smallest absolute Gasteiger partial charge is 0.335 e. The Hall–Kier alpha value is -2.82. The normalized spacial score (nSPS) is 10.5. The zero-order chi connectivity index (χ0) is 13.2. The molecule has 0 amide bonds. The Balaban J connectivity index is 1.92. The Morgan fingerprint density at radius 3 is 2.53 bits per heavy atom. The van der Waals surface area contributed by atoms with E-state index in [0.29, 0.717) is 5.82 Å². The Bertz CT molecular complexity index is 697. The van der Waals surface area contributed by atoms with Crippen LogP contribution in [0.1, 0.15) is 10.4 Å². The maximum Gasteiger partial charge on any atom is 0.335 e. The van der Waals surface area contributed by atoms with E-state index >= 15 is 0 Å². The molecular formula is C14H11N3O2. The number of nitrogens with one attached hydrogen (secondary N) is 2. The lowest BCUT2D eigenvalue weighted by molar-refractivity contribution is 0.0697. The van der Waals surface area contributed by atoms with Crippen molar-refractivity contribution in [2.45, 2.75) is 0 Å². The van der Waals surface area contributed by atoms with E-state index in [1.165, 1.54) is 0 Å². The molecule has 3 aromatic rings. The average Bonchev–Trinajstić information content (AvgIpc) is 3.10. The number of rotatable bonds is 3. The van der Waals surface area contributed by atoms with Gasteiger partial charge in [-0.3, -0.25) is 0 Å². The van der Waals surface area contributed by atoms with Crippen LogP contribution in [0.5, 0.6) is 0 Å². The van der Waals surface area contributed by atoms with Crippen LogP contribution in [-0.2, 0) is 0 Å². The molecule has 0 radical (unpaired) electrons. The molecule has 5 heteroatoms. The number of aromatic amines is 2. The molecule has 0 unspecified atom stereocenters. The van der Waals surface area contributed by atoms with Crippen LogP contribution in [0, 0.1) is 0 Å². The summed E-state index contributed by atoms with van der Waals surface area (Å²) in [7, 11) is 0. The van der Waals surface area contributed by atoms with Gasteiger partial charge in [-0.1, -0.05) is 12.1 Å². The predicted molar refractivity (Wildman–Crippen MR) is 70.8 cm³/mol. The van der Waals surface area contributed by atoms with Crippen molar-refractivity contribution in [2.75, 3.05) is 0 Å². The highest BCUT2D eigenvalue weighted by molar-refractivity contribution is 5.88. The monoisotopic (exact) mass is 253 g/mol. The molecule has 3 rings (SSSR count). The van der Waals surface area contributed by atoms with Gasteiger partial charge in [-0.15, -0.1) is 0 Å². The number of benzene rings is 1. The highest BCUT2D eigenvalue weighted by atomic mass is 16.4. The third kappa shape index (κ3) is 2.13. The SMILES string of the molecule is O=C(O)c1ccc(-c2ncc(-c3ccc[nH]3)[nH]2)cc1. The molecule has 0 saturated heterocycles. The van der Waals surface area contributed by atoms with Gasteiger partial charge in [-0.25, -0.2) is 9.78 Å². The number of nitrogens with zero attached hydrogens (tertiary/aromatic N) is 1. The van der Waals surface area contributed by atoms with Crippen LogP contribution in [0.2, 0.25) is 0 Å². The molecule has 19 heavy (non-hydrogen) atoms. The minimum absolute atomic E-state index is 0.264. The number of carbonyl (C=O) groups is 1. The first-order chi connectivity index (χ1) is 9.24. The Labute approximate surface area is 109 Å². The van der Waals surface area contributed by atoms with Crippen LogP contribution in [0.3, 0.4) is 0 Å². The molecule has 0 aliphatic rings. The lowest BCUT2D eigenvalue weighted by Crippen LogP contribution is -1.95. The first-order valence-corrected chi connectivity index (χ1v) is 5.76. The fourth-order valence-corrected chi connectivity index (χ4v) is 1.87. The second-order valence-electron chi connectivity index (χ2n) is 4.11. The van der Waals surface area contributed by atoms with E-state index in [1.807, 2.05) is 18.3 Å². The van der Waals surface area contributed by atoms with Crippen LogP contribution in [0.4, 0.5) is 0 Å². The van der Waals surface area contributed by atoms with E-state index in [4.69, 9.17) is 5.11 Å². The number of carboxylic acid groups (broad SMARTS) is 1. The third-order valence-electron chi connectivity index (χ3n) is 2.87. The van der Waals surface area contributed by atoms with Gasteiger partial charge in [0.25, 0.3) is 0 Å². The fraction of sp³-hybridized carbons (Fsp3) is 0. The summed E-state index contributed by atoms with van der Waals surface area (Å²) in [6.07, 6.45) is 3.59. The van der Waals surface area contributed by atoms with Crippen molar-refractivity contribution in [3.8, 4) is 22.8 Å². The van der Waals surface area contributed by atoms with Crippen LogP contribution < -0.4 is 0 Å². The number of aromatic nitrogens is 3. The number of hydrogen-bond donors (Lipinski definition) is 3. The van der Waals surface area contributed by atoms with Crippen molar-refractivity contribution in [1.29, 1.82) is 0 Å². The van der Waals surface area contributed by atoms with Crippen molar-refractivity contribution in [1.82, 2.24) is 15.0 Å².